The third-order valence-electron chi connectivity index (χ3n) is 4.78. The first-order valence-corrected chi connectivity index (χ1v) is 10.8. The number of carbonyl (C=O) groups is 1. The summed E-state index contributed by atoms with van der Waals surface area (Å²) in [6, 6.07) is 3.50. The first-order chi connectivity index (χ1) is 11.4. The lowest BCUT2D eigenvalue weighted by Crippen LogP contribution is -2.51. The number of hydrogen-bond acceptors (Lipinski definition) is 5. The average molecular weight is 408 g/mol. The number of nitrogens with one attached hydrogen (secondary N) is 1. The fourth-order valence-electron chi connectivity index (χ4n) is 3.20. The summed E-state index contributed by atoms with van der Waals surface area (Å²) in [5, 5.41) is 3.30. The van der Waals surface area contributed by atoms with Gasteiger partial charge in [-0.3, -0.25) is 4.79 Å². The molecule has 3 rings (SSSR count). The zero-order valence-corrected chi connectivity index (χ0v) is 17.1. The van der Waals surface area contributed by atoms with Crippen LogP contribution in [0.5, 0.6) is 0 Å². The van der Waals surface area contributed by atoms with Gasteiger partial charge in [0, 0.05) is 38.8 Å². The van der Waals surface area contributed by atoms with Crippen molar-refractivity contribution in [2.24, 2.45) is 5.92 Å². The molecular formula is C16H26ClN3O3S2. The van der Waals surface area contributed by atoms with Crippen molar-refractivity contribution in [3.8, 4) is 0 Å². The molecule has 1 N–H and O–H groups in total. The van der Waals surface area contributed by atoms with Gasteiger partial charge in [0.05, 0.1) is 4.88 Å². The van der Waals surface area contributed by atoms with Gasteiger partial charge in [-0.25, -0.2) is 8.42 Å². The summed E-state index contributed by atoms with van der Waals surface area (Å²) in [5.74, 6) is 0.508. The van der Waals surface area contributed by atoms with Crippen LogP contribution in [0.2, 0.25) is 0 Å². The van der Waals surface area contributed by atoms with Crippen molar-refractivity contribution >= 4 is 39.7 Å². The zero-order valence-electron chi connectivity index (χ0n) is 14.6. The summed E-state index contributed by atoms with van der Waals surface area (Å²) in [5.41, 5.74) is 0. The Hall–Kier alpha value is -0.670. The van der Waals surface area contributed by atoms with E-state index < -0.39 is 10.0 Å². The lowest BCUT2D eigenvalue weighted by molar-refractivity contribution is 0.0714. The Bertz CT molecular complexity index is 699. The average Bonchev–Trinajstić information content (AvgIpc) is 3.05. The van der Waals surface area contributed by atoms with Crippen LogP contribution in [-0.2, 0) is 10.0 Å². The SMILES string of the molecule is CC1CCN(S(=O)(=O)c2ccc(C(=O)N3CCNC(C)C3)s2)CC1.Cl. The summed E-state index contributed by atoms with van der Waals surface area (Å²) in [7, 11) is -3.47. The van der Waals surface area contributed by atoms with Gasteiger partial charge in [-0.05, 0) is 37.8 Å². The second-order valence-corrected chi connectivity index (χ2v) is 10.1. The maximum Gasteiger partial charge on any atom is 0.264 e. The van der Waals surface area contributed by atoms with Crippen molar-refractivity contribution < 1.29 is 13.2 Å². The highest BCUT2D eigenvalue weighted by Gasteiger charge is 2.31. The molecule has 0 radical (unpaired) electrons. The highest BCUT2D eigenvalue weighted by molar-refractivity contribution is 7.91. The minimum Gasteiger partial charge on any atom is -0.335 e. The van der Waals surface area contributed by atoms with E-state index in [9.17, 15) is 13.2 Å². The molecule has 25 heavy (non-hydrogen) atoms. The van der Waals surface area contributed by atoms with Crippen molar-refractivity contribution in [1.29, 1.82) is 0 Å². The Morgan fingerprint density at radius 1 is 1.20 bits per heavy atom. The summed E-state index contributed by atoms with van der Waals surface area (Å²) >= 11 is 1.10. The molecule has 2 aliphatic rings. The fraction of sp³-hybridized carbons (Fsp3) is 0.688. The molecule has 2 aliphatic heterocycles. The van der Waals surface area contributed by atoms with Crippen molar-refractivity contribution in [2.45, 2.75) is 36.9 Å². The minimum absolute atomic E-state index is 0. The number of halogens is 1. The Labute approximate surface area is 160 Å². The van der Waals surface area contributed by atoms with Crippen LogP contribution in [0.3, 0.4) is 0 Å². The Morgan fingerprint density at radius 3 is 2.52 bits per heavy atom. The predicted octanol–water partition coefficient (Wildman–Crippen LogP) is 2.02. The number of amides is 1. The van der Waals surface area contributed by atoms with Crippen LogP contribution in [0, 0.1) is 5.92 Å². The molecule has 0 aromatic carbocycles. The molecule has 6 nitrogen and oxygen atoms in total. The summed E-state index contributed by atoms with van der Waals surface area (Å²) < 4.78 is 27.4. The van der Waals surface area contributed by atoms with Crippen LogP contribution >= 0.6 is 23.7 Å². The molecule has 1 atom stereocenters. The molecule has 0 saturated carbocycles. The first kappa shape index (κ1) is 20.6. The molecule has 3 heterocycles. The lowest BCUT2D eigenvalue weighted by atomic mass is 10.0. The van der Waals surface area contributed by atoms with E-state index in [4.69, 9.17) is 0 Å². The normalized spacial score (nSPS) is 23.3. The second-order valence-electron chi connectivity index (χ2n) is 6.81. The second kappa shape index (κ2) is 8.35. The Balaban J connectivity index is 0.00000225. The van der Waals surface area contributed by atoms with E-state index in [1.54, 1.807) is 21.3 Å². The maximum atomic E-state index is 12.8. The van der Waals surface area contributed by atoms with E-state index in [1.165, 1.54) is 0 Å². The van der Waals surface area contributed by atoms with Crippen molar-refractivity contribution in [2.75, 3.05) is 32.7 Å². The number of sulfonamides is 1. The van der Waals surface area contributed by atoms with Crippen LogP contribution in [0.25, 0.3) is 0 Å². The molecule has 1 unspecified atom stereocenters. The Morgan fingerprint density at radius 2 is 1.88 bits per heavy atom. The van der Waals surface area contributed by atoms with E-state index in [0.717, 1.165) is 30.7 Å². The standard InChI is InChI=1S/C16H25N3O3S2.ClH/c1-12-5-8-19(9-6-12)24(21,22)15-4-3-14(23-15)16(20)18-10-7-17-13(2)11-18;/h3-4,12-13,17H,5-11H2,1-2H3;1H. The van der Waals surface area contributed by atoms with Gasteiger partial charge in [0.2, 0.25) is 0 Å². The zero-order chi connectivity index (χ0) is 17.3. The van der Waals surface area contributed by atoms with E-state index in [1.807, 2.05) is 6.92 Å². The summed E-state index contributed by atoms with van der Waals surface area (Å²) in [6.45, 7) is 7.42. The smallest absolute Gasteiger partial charge is 0.264 e. The van der Waals surface area contributed by atoms with Crippen molar-refractivity contribution in [3.63, 3.8) is 0 Å². The fourth-order valence-corrected chi connectivity index (χ4v) is 6.10. The number of piperidine rings is 1. The van der Waals surface area contributed by atoms with E-state index >= 15 is 0 Å². The van der Waals surface area contributed by atoms with Gasteiger partial charge in [-0.15, -0.1) is 23.7 Å². The molecular weight excluding hydrogens is 382 g/mol. The minimum atomic E-state index is -3.47. The predicted molar refractivity (Wildman–Crippen MR) is 102 cm³/mol. The summed E-state index contributed by atoms with van der Waals surface area (Å²) in [4.78, 5) is 14.9. The number of carbonyl (C=O) groups excluding carboxylic acids is 1. The molecule has 2 fully saturated rings. The molecule has 9 heteroatoms. The van der Waals surface area contributed by atoms with Crippen LogP contribution in [0.15, 0.2) is 16.3 Å². The largest absolute Gasteiger partial charge is 0.335 e. The van der Waals surface area contributed by atoms with Gasteiger partial charge in [-0.1, -0.05) is 6.92 Å². The van der Waals surface area contributed by atoms with Crippen LogP contribution in [0.1, 0.15) is 36.4 Å². The van der Waals surface area contributed by atoms with Crippen LogP contribution in [0.4, 0.5) is 0 Å². The van der Waals surface area contributed by atoms with Crippen LogP contribution < -0.4 is 5.32 Å². The molecule has 0 bridgehead atoms. The van der Waals surface area contributed by atoms with E-state index in [-0.39, 0.29) is 28.6 Å². The monoisotopic (exact) mass is 407 g/mol. The Kier molecular flexibility index (Phi) is 6.89. The number of nitrogens with zero attached hydrogens (tertiary/aromatic N) is 2. The van der Waals surface area contributed by atoms with Gasteiger partial charge in [-0.2, -0.15) is 4.31 Å². The molecule has 1 aromatic heterocycles. The van der Waals surface area contributed by atoms with Gasteiger partial charge in [0.25, 0.3) is 15.9 Å². The number of hydrogen-bond donors (Lipinski definition) is 1. The molecule has 1 amide bonds. The molecule has 2 saturated heterocycles. The summed E-state index contributed by atoms with van der Waals surface area (Å²) in [6.07, 6.45) is 1.80. The first-order valence-electron chi connectivity index (χ1n) is 8.50. The van der Waals surface area contributed by atoms with Gasteiger partial charge < -0.3 is 10.2 Å². The highest BCUT2D eigenvalue weighted by Crippen LogP contribution is 2.29. The quantitative estimate of drug-likeness (QED) is 0.832. The van der Waals surface area contributed by atoms with E-state index in [0.29, 0.717) is 37.0 Å². The third kappa shape index (κ3) is 4.54. The molecule has 1 aromatic rings. The van der Waals surface area contributed by atoms with E-state index in [2.05, 4.69) is 12.2 Å². The topological polar surface area (TPSA) is 69.7 Å². The molecule has 0 spiro atoms. The van der Waals surface area contributed by atoms with Crippen LogP contribution in [-0.4, -0.2) is 62.3 Å². The van der Waals surface area contributed by atoms with Gasteiger partial charge >= 0.3 is 0 Å². The maximum absolute atomic E-state index is 12.8. The number of piperazine rings is 1. The third-order valence-corrected chi connectivity index (χ3v) is 8.22. The number of rotatable bonds is 3. The van der Waals surface area contributed by atoms with Gasteiger partial charge in [0.15, 0.2) is 0 Å². The van der Waals surface area contributed by atoms with Gasteiger partial charge in [0.1, 0.15) is 4.21 Å². The highest BCUT2D eigenvalue weighted by atomic mass is 35.5. The molecule has 142 valence electrons. The number of thiophene rings is 1. The van der Waals surface area contributed by atoms with Crippen molar-refractivity contribution in [1.82, 2.24) is 14.5 Å². The van der Waals surface area contributed by atoms with Crippen molar-refractivity contribution in [3.05, 3.63) is 17.0 Å². The lowest BCUT2D eigenvalue weighted by Gasteiger charge is -2.31. The molecule has 0 aliphatic carbocycles.